The monoisotopic (exact) mass is 320 g/mol. The molecule has 0 fully saturated rings. The normalized spacial score (nSPS) is 11.6. The molecule has 0 aliphatic rings. The van der Waals surface area contributed by atoms with Crippen molar-refractivity contribution in [3.63, 3.8) is 0 Å². The fourth-order valence-electron chi connectivity index (χ4n) is 2.57. The zero-order valence-electron chi connectivity index (χ0n) is 13.6. The molecule has 0 radical (unpaired) electrons. The highest BCUT2D eigenvalue weighted by Crippen LogP contribution is 2.16. The number of hydrogen-bond acceptors (Lipinski definition) is 3. The number of carbonyl (C=O) groups is 1. The Bertz CT molecular complexity index is 819. The van der Waals surface area contributed by atoms with E-state index in [4.69, 9.17) is 0 Å². The van der Waals surface area contributed by atoms with Crippen LogP contribution in [0.3, 0.4) is 0 Å². The van der Waals surface area contributed by atoms with Gasteiger partial charge in [-0.05, 0) is 49.4 Å². The summed E-state index contributed by atoms with van der Waals surface area (Å²) in [4.78, 5) is 19.2. The van der Waals surface area contributed by atoms with Gasteiger partial charge in [-0.2, -0.15) is 5.10 Å². The number of carbonyl (C=O) groups excluding carboxylic acids is 1. The molecule has 0 aliphatic heterocycles. The molecule has 1 aromatic carbocycles. The van der Waals surface area contributed by atoms with Crippen molar-refractivity contribution in [2.24, 2.45) is 5.10 Å². The summed E-state index contributed by atoms with van der Waals surface area (Å²) in [5.41, 5.74) is 6.61. The molecule has 3 rings (SSSR count). The van der Waals surface area contributed by atoms with Crippen LogP contribution in [0.25, 0.3) is 10.9 Å². The van der Waals surface area contributed by atoms with E-state index in [1.165, 1.54) is 5.39 Å². The number of nitrogens with one attached hydrogen (secondary N) is 2. The van der Waals surface area contributed by atoms with E-state index in [1.54, 1.807) is 12.4 Å². The first-order valence-corrected chi connectivity index (χ1v) is 8.02. The average molecular weight is 320 g/mol. The van der Waals surface area contributed by atoms with E-state index in [2.05, 4.69) is 38.7 Å². The molecule has 0 unspecified atom stereocenters. The van der Waals surface area contributed by atoms with Gasteiger partial charge < -0.3 is 4.98 Å². The molecule has 2 heterocycles. The van der Waals surface area contributed by atoms with Gasteiger partial charge in [0.2, 0.25) is 5.91 Å². The van der Waals surface area contributed by atoms with Crippen LogP contribution >= 0.6 is 0 Å². The Labute approximate surface area is 140 Å². The van der Waals surface area contributed by atoms with E-state index in [-0.39, 0.29) is 5.91 Å². The van der Waals surface area contributed by atoms with Crippen molar-refractivity contribution in [3.05, 3.63) is 66.1 Å². The Morgan fingerprint density at radius 3 is 2.79 bits per heavy atom. The Kier molecular flexibility index (Phi) is 5.01. The molecule has 24 heavy (non-hydrogen) atoms. The third-order valence-electron chi connectivity index (χ3n) is 3.88. The van der Waals surface area contributed by atoms with Gasteiger partial charge in [0.05, 0.1) is 5.71 Å². The molecule has 0 aliphatic carbocycles. The second kappa shape index (κ2) is 7.55. The van der Waals surface area contributed by atoms with Gasteiger partial charge in [-0.1, -0.05) is 18.2 Å². The van der Waals surface area contributed by atoms with Gasteiger partial charge in [0.25, 0.3) is 0 Å². The van der Waals surface area contributed by atoms with Gasteiger partial charge in [-0.3, -0.25) is 9.78 Å². The number of amides is 1. The number of aromatic nitrogens is 2. The summed E-state index contributed by atoms with van der Waals surface area (Å²) >= 11 is 0. The van der Waals surface area contributed by atoms with E-state index >= 15 is 0 Å². The highest BCUT2D eigenvalue weighted by atomic mass is 16.2. The van der Waals surface area contributed by atoms with Crippen LogP contribution in [0.1, 0.15) is 31.0 Å². The minimum absolute atomic E-state index is 0.0699. The van der Waals surface area contributed by atoms with Crippen LogP contribution in [-0.4, -0.2) is 21.6 Å². The zero-order chi connectivity index (χ0) is 16.8. The van der Waals surface area contributed by atoms with Crippen LogP contribution in [-0.2, 0) is 11.2 Å². The first kappa shape index (κ1) is 15.9. The fourth-order valence-corrected chi connectivity index (χ4v) is 2.57. The molecule has 0 saturated carbocycles. The van der Waals surface area contributed by atoms with E-state index in [9.17, 15) is 4.79 Å². The van der Waals surface area contributed by atoms with Crippen LogP contribution in [0.2, 0.25) is 0 Å². The van der Waals surface area contributed by atoms with Crippen LogP contribution < -0.4 is 5.43 Å². The number of nitrogens with zero attached hydrogens (tertiary/aromatic N) is 2. The maximum atomic E-state index is 11.9. The summed E-state index contributed by atoms with van der Waals surface area (Å²) in [6.45, 7) is 1.86. The lowest BCUT2D eigenvalue weighted by Gasteiger charge is -2.02. The molecule has 0 spiro atoms. The predicted molar refractivity (Wildman–Crippen MR) is 95.8 cm³/mol. The number of H-pyrrole nitrogens is 1. The van der Waals surface area contributed by atoms with Gasteiger partial charge in [-0.25, -0.2) is 5.43 Å². The van der Waals surface area contributed by atoms with Crippen LogP contribution in [0.5, 0.6) is 0 Å². The van der Waals surface area contributed by atoms with E-state index in [0.717, 1.165) is 35.3 Å². The lowest BCUT2D eigenvalue weighted by atomic mass is 10.2. The number of hydrogen-bond donors (Lipinski definition) is 2. The number of aromatic amines is 1. The van der Waals surface area contributed by atoms with E-state index in [0.29, 0.717) is 6.42 Å². The van der Waals surface area contributed by atoms with Crippen molar-refractivity contribution >= 4 is 22.5 Å². The Balaban J connectivity index is 1.47. The van der Waals surface area contributed by atoms with Gasteiger partial charge in [0, 0.05) is 35.6 Å². The zero-order valence-corrected chi connectivity index (χ0v) is 13.6. The number of hydrazone groups is 1. The second-order valence-electron chi connectivity index (χ2n) is 5.70. The number of rotatable bonds is 6. The van der Waals surface area contributed by atoms with Gasteiger partial charge in [0.1, 0.15) is 0 Å². The van der Waals surface area contributed by atoms with Crippen LogP contribution in [0.15, 0.2) is 60.0 Å². The van der Waals surface area contributed by atoms with Gasteiger partial charge in [-0.15, -0.1) is 0 Å². The van der Waals surface area contributed by atoms with Crippen molar-refractivity contribution in [1.82, 2.24) is 15.4 Å². The topological polar surface area (TPSA) is 70.1 Å². The Morgan fingerprint density at radius 1 is 1.21 bits per heavy atom. The summed E-state index contributed by atoms with van der Waals surface area (Å²) < 4.78 is 0. The number of fused-ring (bicyclic) bond motifs is 1. The quantitative estimate of drug-likeness (QED) is 0.539. The Hall–Kier alpha value is -2.95. The number of para-hydroxylation sites is 1. The molecule has 0 bridgehead atoms. The molecule has 2 N–H and O–H groups in total. The fraction of sp³-hybridized carbons (Fsp3) is 0.211. The van der Waals surface area contributed by atoms with Crippen molar-refractivity contribution in [2.45, 2.75) is 26.2 Å². The SMILES string of the molecule is C/C(=N/NC(=O)CCCc1cc2ccccc2[nH]1)c1ccncc1. The lowest BCUT2D eigenvalue weighted by Crippen LogP contribution is -2.19. The number of pyridine rings is 1. The molecule has 3 aromatic rings. The minimum atomic E-state index is -0.0699. The van der Waals surface area contributed by atoms with E-state index in [1.807, 2.05) is 31.2 Å². The first-order chi connectivity index (χ1) is 11.7. The molecular formula is C19H20N4O. The number of aryl methyl sites for hydroxylation is 1. The molecule has 5 heteroatoms. The van der Waals surface area contributed by atoms with Crippen molar-refractivity contribution in [3.8, 4) is 0 Å². The summed E-state index contributed by atoms with van der Waals surface area (Å²) in [6.07, 6.45) is 5.48. The molecule has 0 saturated heterocycles. The maximum absolute atomic E-state index is 11.9. The summed E-state index contributed by atoms with van der Waals surface area (Å²) in [5.74, 6) is -0.0699. The van der Waals surface area contributed by atoms with Crippen molar-refractivity contribution in [1.29, 1.82) is 0 Å². The largest absolute Gasteiger partial charge is 0.358 e. The summed E-state index contributed by atoms with van der Waals surface area (Å²) in [6, 6.07) is 14.0. The van der Waals surface area contributed by atoms with Crippen LogP contribution in [0, 0.1) is 0 Å². The molecule has 2 aromatic heterocycles. The average Bonchev–Trinajstić information content (AvgIpc) is 3.03. The minimum Gasteiger partial charge on any atom is -0.358 e. The van der Waals surface area contributed by atoms with Gasteiger partial charge in [0.15, 0.2) is 0 Å². The van der Waals surface area contributed by atoms with E-state index < -0.39 is 0 Å². The third-order valence-corrected chi connectivity index (χ3v) is 3.88. The third kappa shape index (κ3) is 4.07. The number of benzene rings is 1. The summed E-state index contributed by atoms with van der Waals surface area (Å²) in [5, 5.41) is 5.34. The molecule has 0 atom stereocenters. The Morgan fingerprint density at radius 2 is 2.00 bits per heavy atom. The van der Waals surface area contributed by atoms with Crippen molar-refractivity contribution in [2.75, 3.05) is 0 Å². The lowest BCUT2D eigenvalue weighted by molar-refractivity contribution is -0.121. The highest BCUT2D eigenvalue weighted by Gasteiger charge is 2.04. The maximum Gasteiger partial charge on any atom is 0.240 e. The van der Waals surface area contributed by atoms with Gasteiger partial charge >= 0.3 is 0 Å². The summed E-state index contributed by atoms with van der Waals surface area (Å²) in [7, 11) is 0. The molecule has 122 valence electrons. The standard InChI is InChI=1S/C19H20N4O/c1-14(15-9-11-20-12-10-15)22-23-19(24)8-4-6-17-13-16-5-2-3-7-18(16)21-17/h2-3,5,7,9-13,21H,4,6,8H2,1H3,(H,23,24)/b22-14-. The van der Waals surface area contributed by atoms with Crippen molar-refractivity contribution < 1.29 is 4.79 Å². The molecule has 5 nitrogen and oxygen atoms in total. The smallest absolute Gasteiger partial charge is 0.240 e. The van der Waals surface area contributed by atoms with Crippen LogP contribution in [0.4, 0.5) is 0 Å². The second-order valence-corrected chi connectivity index (χ2v) is 5.70. The molecule has 1 amide bonds. The highest BCUT2D eigenvalue weighted by molar-refractivity contribution is 5.99. The first-order valence-electron chi connectivity index (χ1n) is 8.02. The molecular weight excluding hydrogens is 300 g/mol. The predicted octanol–water partition coefficient (Wildman–Crippen LogP) is 3.43.